The zero-order valence-electron chi connectivity index (χ0n) is 29.6. The Bertz CT molecular complexity index is 1630. The van der Waals surface area contributed by atoms with Crippen LogP contribution in [0.15, 0.2) is 57.3 Å². The lowest BCUT2D eigenvalue weighted by Crippen LogP contribution is -2.73. The van der Waals surface area contributed by atoms with Crippen molar-refractivity contribution in [3.63, 3.8) is 0 Å². The van der Waals surface area contributed by atoms with E-state index >= 15 is 0 Å². The Labute approximate surface area is 281 Å². The minimum Gasteiger partial charge on any atom is -0.465 e. The minimum atomic E-state index is -0.462. The van der Waals surface area contributed by atoms with Crippen LogP contribution in [0.5, 0.6) is 0 Å². The average molecular weight is 639 g/mol. The lowest BCUT2D eigenvalue weighted by Gasteiger charge is -2.76. The third-order valence-corrected chi connectivity index (χ3v) is 16.4. The summed E-state index contributed by atoms with van der Waals surface area (Å²) in [6.07, 6.45) is 17.8. The summed E-state index contributed by atoms with van der Waals surface area (Å²) in [5.41, 5.74) is 0.597. The molecule has 47 heavy (non-hydrogen) atoms. The highest BCUT2D eigenvalue weighted by molar-refractivity contribution is 6.04. The molecular formula is C42H54O5. The van der Waals surface area contributed by atoms with E-state index in [2.05, 4.69) is 48.5 Å². The van der Waals surface area contributed by atoms with Crippen molar-refractivity contribution in [3.8, 4) is 0 Å². The molecule has 0 aromatic carbocycles. The van der Waals surface area contributed by atoms with E-state index in [9.17, 15) is 9.59 Å². The van der Waals surface area contributed by atoms with E-state index in [-0.39, 0.29) is 33.4 Å². The highest BCUT2D eigenvalue weighted by Gasteiger charge is 2.74. The normalized spacial score (nSPS) is 47.7. The van der Waals surface area contributed by atoms with Crippen molar-refractivity contribution in [3.05, 3.63) is 60.0 Å². The second-order valence-corrected chi connectivity index (χ2v) is 18.2. The van der Waals surface area contributed by atoms with Crippen LogP contribution >= 0.6 is 0 Å². The number of carbonyl (C=O) groups excluding carboxylic acids is 2. The van der Waals surface area contributed by atoms with Gasteiger partial charge < -0.3 is 13.6 Å². The van der Waals surface area contributed by atoms with Gasteiger partial charge in [0, 0.05) is 5.41 Å². The molecule has 0 amide bonds. The van der Waals surface area contributed by atoms with E-state index in [1.165, 1.54) is 25.7 Å². The predicted molar refractivity (Wildman–Crippen MR) is 183 cm³/mol. The number of hydrogen-bond donors (Lipinski definition) is 0. The van der Waals surface area contributed by atoms with Crippen molar-refractivity contribution < 1.29 is 23.2 Å². The number of carbonyl (C=O) groups is 2. The maximum Gasteiger partial charge on any atom is 0.164 e. The third-order valence-electron chi connectivity index (χ3n) is 16.4. The van der Waals surface area contributed by atoms with E-state index in [1.54, 1.807) is 18.6 Å². The standard InChI is InChI=1S/C42H54O5/c1-26-35-30-13-15-34-38(4)23-27(22-29-11-9-21-46-29)36(44)37(2,3)33(38)16-17-40(34,6)39(30,5)18-19-42(35)24-31(41(26,7)47-25-42)32(43)14-12-28-10-8-20-45-28/h8-12,14,20-22,26,30-31,33-35H,13,15-19,23-25H2,1-7H3/b14-12-,27-22-/t26-,30-,31-,33+,34-,35-,38+,39-,40-,41+,42+/m1/s1. The molecule has 252 valence electrons. The smallest absolute Gasteiger partial charge is 0.164 e. The largest absolute Gasteiger partial charge is 0.465 e. The van der Waals surface area contributed by atoms with Crippen molar-refractivity contribution in [2.24, 2.45) is 62.6 Å². The summed E-state index contributed by atoms with van der Waals surface area (Å²) in [4.78, 5) is 27.8. The number of hydrogen-bond acceptors (Lipinski definition) is 5. The molecule has 2 bridgehead atoms. The quantitative estimate of drug-likeness (QED) is 0.312. The van der Waals surface area contributed by atoms with Crippen LogP contribution in [0.3, 0.4) is 0 Å². The molecule has 4 heterocycles. The van der Waals surface area contributed by atoms with Crippen LogP contribution in [0, 0.1) is 62.6 Å². The van der Waals surface area contributed by atoms with Crippen molar-refractivity contribution in [2.75, 3.05) is 6.61 Å². The summed E-state index contributed by atoms with van der Waals surface area (Å²) in [6, 6.07) is 7.62. The van der Waals surface area contributed by atoms with E-state index in [4.69, 9.17) is 13.6 Å². The van der Waals surface area contributed by atoms with Gasteiger partial charge in [0.2, 0.25) is 0 Å². The molecule has 5 nitrogen and oxygen atoms in total. The van der Waals surface area contributed by atoms with Crippen LogP contribution in [-0.2, 0) is 14.3 Å². The fourth-order valence-electron chi connectivity index (χ4n) is 13.9. The van der Waals surface area contributed by atoms with Crippen LogP contribution in [0.1, 0.15) is 111 Å². The first kappa shape index (κ1) is 31.6. The number of ether oxygens (including phenoxy) is 1. The molecule has 1 spiro atoms. The van der Waals surface area contributed by atoms with Gasteiger partial charge in [-0.05, 0) is 158 Å². The maximum atomic E-state index is 14.0. The second-order valence-electron chi connectivity index (χ2n) is 18.2. The van der Waals surface area contributed by atoms with Gasteiger partial charge in [0.05, 0.1) is 30.7 Å². The zero-order valence-corrected chi connectivity index (χ0v) is 29.6. The Hall–Kier alpha value is -2.66. The van der Waals surface area contributed by atoms with Gasteiger partial charge in [-0.25, -0.2) is 0 Å². The molecule has 7 aliphatic rings. The Morgan fingerprint density at radius 2 is 1.60 bits per heavy atom. The summed E-state index contributed by atoms with van der Waals surface area (Å²) >= 11 is 0. The molecule has 5 saturated carbocycles. The van der Waals surface area contributed by atoms with Crippen molar-refractivity contribution in [1.29, 1.82) is 0 Å². The molecule has 2 aromatic heterocycles. The molecule has 0 unspecified atom stereocenters. The van der Waals surface area contributed by atoms with Gasteiger partial charge in [-0.1, -0.05) is 41.5 Å². The Morgan fingerprint density at radius 1 is 0.872 bits per heavy atom. The Morgan fingerprint density at radius 3 is 2.30 bits per heavy atom. The summed E-state index contributed by atoms with van der Waals surface area (Å²) in [5.74, 6) is 4.26. The average Bonchev–Trinajstić information content (AvgIpc) is 3.75. The van der Waals surface area contributed by atoms with Gasteiger partial charge in [0.1, 0.15) is 11.5 Å². The molecule has 0 N–H and O–H groups in total. The number of Topliss-reactive ketones (excluding diaryl/α,β-unsaturated/α-hetero) is 1. The van der Waals surface area contributed by atoms with E-state index < -0.39 is 11.0 Å². The lowest BCUT2D eigenvalue weighted by molar-refractivity contribution is -0.316. The number of rotatable bonds is 4. The molecule has 5 aliphatic carbocycles. The summed E-state index contributed by atoms with van der Waals surface area (Å²) in [6.45, 7) is 17.7. The van der Waals surface area contributed by atoms with Crippen molar-refractivity contribution in [2.45, 2.75) is 105 Å². The molecule has 2 aromatic rings. The van der Waals surface area contributed by atoms with Crippen molar-refractivity contribution in [1.82, 2.24) is 0 Å². The summed E-state index contributed by atoms with van der Waals surface area (Å²) in [7, 11) is 0. The fourth-order valence-corrected chi connectivity index (χ4v) is 13.9. The van der Waals surface area contributed by atoms with Crippen LogP contribution in [0.2, 0.25) is 0 Å². The molecule has 7 fully saturated rings. The molecule has 2 saturated heterocycles. The molecule has 2 aliphatic heterocycles. The highest BCUT2D eigenvalue weighted by atomic mass is 16.5. The van der Waals surface area contributed by atoms with Crippen LogP contribution < -0.4 is 0 Å². The minimum absolute atomic E-state index is 0.0517. The SMILES string of the molecule is C[C@@H]1[C@@H]2[C@H]3CC[C@@H]4[C@@]5(C)C/C(=C/c6ccco6)C(=O)C(C)(C)[C@@H]5CC[C@@]4(C)[C@]3(C)CC[C@]23CO[C@]1(C)[C@@H](C(=O)/C=C\c1ccco1)C3. The monoisotopic (exact) mass is 638 g/mol. The van der Waals surface area contributed by atoms with E-state index in [0.29, 0.717) is 41.1 Å². The second kappa shape index (κ2) is 10.2. The fraction of sp³-hybridized carbons (Fsp3) is 0.667. The van der Waals surface area contributed by atoms with Crippen LogP contribution in [-0.4, -0.2) is 23.8 Å². The Kier molecular flexibility index (Phi) is 6.85. The summed E-state index contributed by atoms with van der Waals surface area (Å²) in [5, 5.41) is 0. The number of allylic oxidation sites excluding steroid dienone is 2. The first-order valence-corrected chi connectivity index (χ1v) is 18.4. The summed E-state index contributed by atoms with van der Waals surface area (Å²) < 4.78 is 18.0. The van der Waals surface area contributed by atoms with Gasteiger partial charge in [0.15, 0.2) is 11.6 Å². The maximum absolute atomic E-state index is 14.0. The van der Waals surface area contributed by atoms with E-state index in [0.717, 1.165) is 43.6 Å². The predicted octanol–water partition coefficient (Wildman–Crippen LogP) is 9.83. The third kappa shape index (κ3) is 4.10. The van der Waals surface area contributed by atoms with Crippen molar-refractivity contribution >= 4 is 23.7 Å². The van der Waals surface area contributed by atoms with E-state index in [1.807, 2.05) is 36.4 Å². The van der Waals surface area contributed by atoms with Gasteiger partial charge in [-0.2, -0.15) is 0 Å². The zero-order chi connectivity index (χ0) is 33.2. The van der Waals surface area contributed by atoms with Gasteiger partial charge >= 0.3 is 0 Å². The Balaban J connectivity index is 1.12. The first-order chi connectivity index (χ1) is 22.2. The highest BCUT2D eigenvalue weighted by Crippen LogP contribution is 2.78. The van der Waals surface area contributed by atoms with Gasteiger partial charge in [-0.15, -0.1) is 0 Å². The number of furan rings is 2. The topological polar surface area (TPSA) is 69.7 Å². The number of fused-ring (bicyclic) bond motifs is 7. The molecule has 5 heteroatoms. The van der Waals surface area contributed by atoms with Crippen LogP contribution in [0.25, 0.3) is 12.2 Å². The van der Waals surface area contributed by atoms with Gasteiger partial charge in [0.25, 0.3) is 0 Å². The van der Waals surface area contributed by atoms with Crippen LogP contribution in [0.4, 0.5) is 0 Å². The molecule has 9 rings (SSSR count). The first-order valence-electron chi connectivity index (χ1n) is 18.4. The molecule has 0 radical (unpaired) electrons. The lowest BCUT2D eigenvalue weighted by atomic mass is 9.30. The van der Waals surface area contributed by atoms with Gasteiger partial charge in [-0.3, -0.25) is 9.59 Å². The number of ketones is 2. The molecular weight excluding hydrogens is 584 g/mol. The molecule has 11 atom stereocenters.